The van der Waals surface area contributed by atoms with Crippen LogP contribution in [0, 0.1) is 0 Å². The smallest absolute Gasteiger partial charge is 0.224 e. The second-order valence-electron chi connectivity index (χ2n) is 5.09. The fraction of sp³-hybridized carbons (Fsp3) is 0.471. The molecule has 1 aromatic rings. The number of carbonyl (C=O) groups is 3. The second-order valence-corrected chi connectivity index (χ2v) is 5.09. The second kappa shape index (κ2) is 8.32. The molecule has 0 bridgehead atoms. The number of anilines is 1. The highest BCUT2D eigenvalue weighted by atomic mass is 16.2. The van der Waals surface area contributed by atoms with E-state index in [4.69, 9.17) is 0 Å². The van der Waals surface area contributed by atoms with E-state index in [-0.39, 0.29) is 24.0 Å². The number of benzene rings is 1. The third-order valence-corrected chi connectivity index (χ3v) is 3.63. The largest absolute Gasteiger partial charge is 0.343 e. The Morgan fingerprint density at radius 3 is 1.91 bits per heavy atom. The molecule has 1 rings (SSSR count). The zero-order valence-electron chi connectivity index (χ0n) is 13.8. The van der Waals surface area contributed by atoms with E-state index in [1.54, 1.807) is 34.1 Å². The average Bonchev–Trinajstić information content (AvgIpc) is 2.48. The summed E-state index contributed by atoms with van der Waals surface area (Å²) in [5, 5.41) is 0. The molecule has 22 heavy (non-hydrogen) atoms. The van der Waals surface area contributed by atoms with Crippen LogP contribution in [0.4, 0.5) is 5.69 Å². The molecule has 5 heteroatoms. The molecule has 0 unspecified atom stereocenters. The van der Waals surface area contributed by atoms with Gasteiger partial charge in [0, 0.05) is 44.2 Å². The van der Waals surface area contributed by atoms with Gasteiger partial charge in [-0.3, -0.25) is 14.4 Å². The van der Waals surface area contributed by atoms with Crippen molar-refractivity contribution in [2.24, 2.45) is 0 Å². The number of ketones is 1. The lowest BCUT2D eigenvalue weighted by atomic mass is 10.1. The van der Waals surface area contributed by atoms with Crippen LogP contribution in [0.3, 0.4) is 0 Å². The molecule has 0 aromatic heterocycles. The molecule has 0 heterocycles. The van der Waals surface area contributed by atoms with Gasteiger partial charge in [0.2, 0.25) is 11.8 Å². The van der Waals surface area contributed by atoms with E-state index < -0.39 is 0 Å². The number of hydrogen-bond donors (Lipinski definition) is 0. The zero-order chi connectivity index (χ0) is 16.7. The normalized spacial score (nSPS) is 10.2. The van der Waals surface area contributed by atoms with Gasteiger partial charge < -0.3 is 9.80 Å². The quantitative estimate of drug-likeness (QED) is 0.727. The van der Waals surface area contributed by atoms with Gasteiger partial charge in [0.15, 0.2) is 5.78 Å². The maximum absolute atomic E-state index is 12.1. The summed E-state index contributed by atoms with van der Waals surface area (Å²) in [4.78, 5) is 38.5. The Hall–Kier alpha value is -2.17. The summed E-state index contributed by atoms with van der Waals surface area (Å²) in [6.45, 7) is 8.52. The van der Waals surface area contributed by atoms with Crippen molar-refractivity contribution in [3.05, 3.63) is 29.8 Å². The van der Waals surface area contributed by atoms with E-state index in [1.165, 1.54) is 13.8 Å². The summed E-state index contributed by atoms with van der Waals surface area (Å²) < 4.78 is 0. The predicted molar refractivity (Wildman–Crippen MR) is 87.0 cm³/mol. The molecule has 0 atom stereocenters. The SMILES string of the molecule is CCN(CC)C(=O)CCN(C(C)=O)c1ccc(C(C)=O)cc1. The van der Waals surface area contributed by atoms with Gasteiger partial charge in [-0.25, -0.2) is 0 Å². The Labute approximate surface area is 131 Å². The molecule has 5 nitrogen and oxygen atoms in total. The van der Waals surface area contributed by atoms with Crippen molar-refractivity contribution < 1.29 is 14.4 Å². The van der Waals surface area contributed by atoms with Crippen molar-refractivity contribution in [1.29, 1.82) is 0 Å². The van der Waals surface area contributed by atoms with E-state index in [1.807, 2.05) is 13.8 Å². The molecule has 0 aliphatic rings. The number of carbonyl (C=O) groups excluding carboxylic acids is 3. The number of rotatable bonds is 7. The topological polar surface area (TPSA) is 57.7 Å². The molecule has 120 valence electrons. The minimum atomic E-state index is -0.122. The van der Waals surface area contributed by atoms with Crippen LogP contribution in [-0.4, -0.2) is 42.1 Å². The van der Waals surface area contributed by atoms with Gasteiger partial charge in [-0.2, -0.15) is 0 Å². The summed E-state index contributed by atoms with van der Waals surface area (Å²) in [6.07, 6.45) is 0.287. The minimum absolute atomic E-state index is 0.0161. The van der Waals surface area contributed by atoms with Crippen molar-refractivity contribution in [2.75, 3.05) is 24.5 Å². The van der Waals surface area contributed by atoms with Gasteiger partial charge in [-0.05, 0) is 45.0 Å². The first-order valence-corrected chi connectivity index (χ1v) is 7.57. The van der Waals surface area contributed by atoms with Crippen LogP contribution >= 0.6 is 0 Å². The molecule has 0 N–H and O–H groups in total. The molecule has 0 spiro atoms. The molecule has 1 aromatic carbocycles. The van der Waals surface area contributed by atoms with Crippen LogP contribution in [0.2, 0.25) is 0 Å². The van der Waals surface area contributed by atoms with E-state index in [0.29, 0.717) is 30.9 Å². The summed E-state index contributed by atoms with van der Waals surface area (Å²) in [6, 6.07) is 6.86. The molecule has 2 amide bonds. The standard InChI is InChI=1S/C17H24N2O3/c1-5-18(6-2)17(22)11-12-19(14(4)21)16-9-7-15(8-10-16)13(3)20/h7-10H,5-6,11-12H2,1-4H3. The lowest BCUT2D eigenvalue weighted by Crippen LogP contribution is -2.36. The van der Waals surface area contributed by atoms with Gasteiger partial charge in [-0.15, -0.1) is 0 Å². The van der Waals surface area contributed by atoms with Gasteiger partial charge >= 0.3 is 0 Å². The highest BCUT2D eigenvalue weighted by molar-refractivity contribution is 5.96. The van der Waals surface area contributed by atoms with Gasteiger partial charge in [0.1, 0.15) is 0 Å². The minimum Gasteiger partial charge on any atom is -0.343 e. The third kappa shape index (κ3) is 4.69. The van der Waals surface area contributed by atoms with Crippen molar-refractivity contribution in [1.82, 2.24) is 4.90 Å². The Balaban J connectivity index is 2.80. The maximum atomic E-state index is 12.1. The van der Waals surface area contributed by atoms with Crippen LogP contribution in [0.15, 0.2) is 24.3 Å². The van der Waals surface area contributed by atoms with Crippen molar-refractivity contribution in [2.45, 2.75) is 34.1 Å². The Morgan fingerprint density at radius 2 is 1.50 bits per heavy atom. The molecular formula is C17H24N2O3. The number of Topliss-reactive ketones (excluding diaryl/α,β-unsaturated/α-hetero) is 1. The molecular weight excluding hydrogens is 280 g/mol. The lowest BCUT2D eigenvalue weighted by Gasteiger charge is -2.24. The average molecular weight is 304 g/mol. The highest BCUT2D eigenvalue weighted by Crippen LogP contribution is 2.16. The lowest BCUT2D eigenvalue weighted by molar-refractivity contribution is -0.130. The number of amides is 2. The molecule has 0 saturated heterocycles. The Morgan fingerprint density at radius 1 is 0.955 bits per heavy atom. The molecule has 0 aliphatic carbocycles. The van der Waals surface area contributed by atoms with Crippen LogP contribution in [0.25, 0.3) is 0 Å². The summed E-state index contributed by atoms with van der Waals surface area (Å²) in [7, 11) is 0. The van der Waals surface area contributed by atoms with Gasteiger partial charge in [0.25, 0.3) is 0 Å². The zero-order valence-corrected chi connectivity index (χ0v) is 13.8. The molecule has 0 aliphatic heterocycles. The number of hydrogen-bond acceptors (Lipinski definition) is 3. The van der Waals surface area contributed by atoms with Crippen molar-refractivity contribution in [3.8, 4) is 0 Å². The van der Waals surface area contributed by atoms with Crippen LogP contribution in [-0.2, 0) is 9.59 Å². The van der Waals surface area contributed by atoms with Gasteiger partial charge in [-0.1, -0.05) is 0 Å². The predicted octanol–water partition coefficient (Wildman–Crippen LogP) is 2.50. The highest BCUT2D eigenvalue weighted by Gasteiger charge is 2.16. The fourth-order valence-corrected chi connectivity index (χ4v) is 2.29. The third-order valence-electron chi connectivity index (χ3n) is 3.63. The fourth-order valence-electron chi connectivity index (χ4n) is 2.29. The first-order valence-electron chi connectivity index (χ1n) is 7.57. The summed E-state index contributed by atoms with van der Waals surface area (Å²) in [5.41, 5.74) is 1.30. The van der Waals surface area contributed by atoms with E-state index in [2.05, 4.69) is 0 Å². The summed E-state index contributed by atoms with van der Waals surface area (Å²) >= 11 is 0. The van der Waals surface area contributed by atoms with Crippen molar-refractivity contribution >= 4 is 23.3 Å². The van der Waals surface area contributed by atoms with Crippen LogP contribution in [0.1, 0.15) is 44.5 Å². The van der Waals surface area contributed by atoms with Crippen molar-refractivity contribution in [3.63, 3.8) is 0 Å². The molecule has 0 radical (unpaired) electrons. The first-order chi connectivity index (χ1) is 10.4. The monoisotopic (exact) mass is 304 g/mol. The van der Waals surface area contributed by atoms with E-state index in [9.17, 15) is 14.4 Å². The number of nitrogens with zero attached hydrogens (tertiary/aromatic N) is 2. The molecule has 0 fully saturated rings. The van der Waals surface area contributed by atoms with E-state index >= 15 is 0 Å². The van der Waals surface area contributed by atoms with E-state index in [0.717, 1.165) is 0 Å². The van der Waals surface area contributed by atoms with Gasteiger partial charge in [0.05, 0.1) is 0 Å². The first kappa shape index (κ1) is 17.9. The molecule has 0 saturated carbocycles. The Bertz CT molecular complexity index is 533. The van der Waals surface area contributed by atoms with Crippen LogP contribution in [0.5, 0.6) is 0 Å². The Kier molecular flexibility index (Phi) is 6.76. The summed E-state index contributed by atoms with van der Waals surface area (Å²) in [5.74, 6) is -0.0998. The van der Waals surface area contributed by atoms with Crippen LogP contribution < -0.4 is 4.90 Å². The maximum Gasteiger partial charge on any atom is 0.224 e.